The number of benzene rings is 2. The molecule has 0 atom stereocenters. The van der Waals surface area contributed by atoms with E-state index in [1.807, 2.05) is 36.4 Å². The summed E-state index contributed by atoms with van der Waals surface area (Å²) in [4.78, 5) is 16.7. The lowest BCUT2D eigenvalue weighted by Crippen LogP contribution is -2.19. The lowest BCUT2D eigenvalue weighted by atomic mass is 10.2. The van der Waals surface area contributed by atoms with Gasteiger partial charge in [0.05, 0.1) is 24.0 Å². The molecule has 0 saturated carbocycles. The molecule has 2 N–H and O–H groups in total. The summed E-state index contributed by atoms with van der Waals surface area (Å²) in [5.74, 6) is -0.206. The Balaban J connectivity index is 1.78. The summed E-state index contributed by atoms with van der Waals surface area (Å²) >= 11 is 0. The largest absolute Gasteiger partial charge is 0.504 e. The van der Waals surface area contributed by atoms with Gasteiger partial charge in [-0.05, 0) is 37.3 Å². The zero-order chi connectivity index (χ0) is 17.8. The summed E-state index contributed by atoms with van der Waals surface area (Å²) in [6.07, 6.45) is 0. The smallest absolute Gasteiger partial charge is 0.271 e. The number of amides is 1. The molecule has 0 bridgehead atoms. The lowest BCUT2D eigenvalue weighted by molar-refractivity contribution is 0.0954. The average Bonchev–Trinajstić information content (AvgIpc) is 2.65. The second-order valence-electron chi connectivity index (χ2n) is 5.41. The van der Waals surface area contributed by atoms with Crippen LogP contribution in [0.4, 0.5) is 0 Å². The maximum Gasteiger partial charge on any atom is 0.271 e. The molecule has 25 heavy (non-hydrogen) atoms. The zero-order valence-electron chi connectivity index (χ0n) is 13.9. The Kier molecular flexibility index (Phi) is 4.61. The standard InChI is InChI=1S/C19H17N3O3/c1-12(15-9-7-13-5-3-4-6-16(13)20-15)21-22-19(24)14-8-10-17(23)18(11-14)25-2/h3-11,23H,1-2H3,(H,22,24)/b21-12+. The molecule has 1 heterocycles. The van der Waals surface area contributed by atoms with E-state index in [0.717, 1.165) is 10.9 Å². The number of pyridine rings is 1. The number of phenols is 1. The van der Waals surface area contributed by atoms with E-state index >= 15 is 0 Å². The van der Waals surface area contributed by atoms with Gasteiger partial charge in [-0.15, -0.1) is 0 Å². The van der Waals surface area contributed by atoms with Crippen LogP contribution in [0, 0.1) is 0 Å². The third-order valence-electron chi connectivity index (χ3n) is 3.74. The van der Waals surface area contributed by atoms with E-state index in [4.69, 9.17) is 4.74 Å². The fraction of sp³-hybridized carbons (Fsp3) is 0.105. The van der Waals surface area contributed by atoms with Crippen LogP contribution in [0.15, 0.2) is 59.7 Å². The first-order valence-corrected chi connectivity index (χ1v) is 7.66. The average molecular weight is 335 g/mol. The molecule has 0 aliphatic rings. The van der Waals surface area contributed by atoms with Gasteiger partial charge in [-0.3, -0.25) is 4.79 Å². The number of hydrogen-bond acceptors (Lipinski definition) is 5. The number of ether oxygens (including phenoxy) is 1. The molecule has 0 unspecified atom stereocenters. The Labute approximate surface area is 144 Å². The molecule has 1 amide bonds. The van der Waals surface area contributed by atoms with Crippen molar-refractivity contribution >= 4 is 22.5 Å². The van der Waals surface area contributed by atoms with Gasteiger partial charge >= 0.3 is 0 Å². The topological polar surface area (TPSA) is 83.8 Å². The first-order valence-electron chi connectivity index (χ1n) is 7.66. The van der Waals surface area contributed by atoms with Crippen LogP contribution >= 0.6 is 0 Å². The Morgan fingerprint density at radius 3 is 2.76 bits per heavy atom. The highest BCUT2D eigenvalue weighted by Crippen LogP contribution is 2.26. The number of rotatable bonds is 4. The van der Waals surface area contributed by atoms with E-state index in [0.29, 0.717) is 17.0 Å². The van der Waals surface area contributed by atoms with Gasteiger partial charge in [-0.1, -0.05) is 24.3 Å². The van der Waals surface area contributed by atoms with Crippen LogP contribution in [0.2, 0.25) is 0 Å². The van der Waals surface area contributed by atoms with Crippen molar-refractivity contribution in [2.45, 2.75) is 6.92 Å². The number of nitrogens with zero attached hydrogens (tertiary/aromatic N) is 2. The third-order valence-corrected chi connectivity index (χ3v) is 3.74. The van der Waals surface area contributed by atoms with Crippen LogP contribution in [-0.4, -0.2) is 28.8 Å². The number of nitrogens with one attached hydrogen (secondary N) is 1. The Bertz CT molecular complexity index is 967. The predicted molar refractivity (Wildman–Crippen MR) is 96.1 cm³/mol. The van der Waals surface area contributed by atoms with Gasteiger partial charge in [-0.25, -0.2) is 10.4 Å². The van der Waals surface area contributed by atoms with Crippen molar-refractivity contribution in [2.24, 2.45) is 5.10 Å². The van der Waals surface area contributed by atoms with Gasteiger partial charge in [0.2, 0.25) is 0 Å². The lowest BCUT2D eigenvalue weighted by Gasteiger charge is -2.06. The molecule has 0 spiro atoms. The third kappa shape index (κ3) is 3.58. The van der Waals surface area contributed by atoms with Gasteiger partial charge in [0.25, 0.3) is 5.91 Å². The second kappa shape index (κ2) is 7.00. The predicted octanol–water partition coefficient (Wildman–Crippen LogP) is 3.10. The summed E-state index contributed by atoms with van der Waals surface area (Å²) < 4.78 is 5.00. The minimum absolute atomic E-state index is 0.0286. The Morgan fingerprint density at radius 1 is 1.16 bits per heavy atom. The Morgan fingerprint density at radius 2 is 1.96 bits per heavy atom. The molecular formula is C19H17N3O3. The van der Waals surface area contributed by atoms with Crippen LogP contribution in [0.3, 0.4) is 0 Å². The molecule has 6 heteroatoms. The highest BCUT2D eigenvalue weighted by molar-refractivity contribution is 6.01. The van der Waals surface area contributed by atoms with Gasteiger partial charge in [-0.2, -0.15) is 5.10 Å². The van der Waals surface area contributed by atoms with E-state index in [9.17, 15) is 9.90 Å². The van der Waals surface area contributed by atoms with Crippen LogP contribution < -0.4 is 10.2 Å². The van der Waals surface area contributed by atoms with Crippen molar-refractivity contribution in [2.75, 3.05) is 7.11 Å². The molecule has 126 valence electrons. The molecular weight excluding hydrogens is 318 g/mol. The molecule has 3 rings (SSSR count). The fourth-order valence-electron chi connectivity index (χ4n) is 2.34. The summed E-state index contributed by atoms with van der Waals surface area (Å²) in [6, 6.07) is 15.9. The van der Waals surface area contributed by atoms with Gasteiger partial charge in [0.15, 0.2) is 11.5 Å². The summed E-state index contributed by atoms with van der Waals surface area (Å²) in [5, 5.41) is 14.7. The first kappa shape index (κ1) is 16.4. The molecule has 1 aromatic heterocycles. The molecule has 6 nitrogen and oxygen atoms in total. The van der Waals surface area contributed by atoms with Crippen LogP contribution in [-0.2, 0) is 0 Å². The minimum atomic E-state index is -0.404. The molecule has 0 fully saturated rings. The second-order valence-corrected chi connectivity index (χ2v) is 5.41. The number of aromatic nitrogens is 1. The number of carbonyl (C=O) groups excluding carboxylic acids is 1. The number of carbonyl (C=O) groups is 1. The van der Waals surface area contributed by atoms with Gasteiger partial charge < -0.3 is 9.84 Å². The summed E-state index contributed by atoms with van der Waals surface area (Å²) in [5.41, 5.74) is 4.95. The van der Waals surface area contributed by atoms with Gasteiger partial charge in [0.1, 0.15) is 0 Å². The monoisotopic (exact) mass is 335 g/mol. The SMILES string of the molecule is COc1cc(C(=O)N/N=C(\C)c2ccc3ccccc3n2)ccc1O. The molecule has 3 aromatic rings. The molecule has 0 radical (unpaired) electrons. The quantitative estimate of drug-likeness (QED) is 0.567. The Hall–Kier alpha value is -3.41. The summed E-state index contributed by atoms with van der Waals surface area (Å²) in [7, 11) is 1.42. The summed E-state index contributed by atoms with van der Waals surface area (Å²) in [6.45, 7) is 1.77. The van der Waals surface area contributed by atoms with E-state index in [1.165, 1.54) is 25.3 Å². The number of methoxy groups -OCH3 is 1. The highest BCUT2D eigenvalue weighted by atomic mass is 16.5. The normalized spacial score (nSPS) is 11.4. The maximum absolute atomic E-state index is 12.2. The van der Waals surface area contributed by atoms with Crippen molar-refractivity contribution in [3.05, 3.63) is 65.9 Å². The fourth-order valence-corrected chi connectivity index (χ4v) is 2.34. The van der Waals surface area contributed by atoms with E-state index < -0.39 is 5.91 Å². The number of aromatic hydroxyl groups is 1. The number of hydrazone groups is 1. The van der Waals surface area contributed by atoms with Crippen molar-refractivity contribution in [3.63, 3.8) is 0 Å². The highest BCUT2D eigenvalue weighted by Gasteiger charge is 2.10. The van der Waals surface area contributed by atoms with Crippen LogP contribution in [0.1, 0.15) is 23.0 Å². The van der Waals surface area contributed by atoms with E-state index in [-0.39, 0.29) is 11.5 Å². The minimum Gasteiger partial charge on any atom is -0.504 e. The maximum atomic E-state index is 12.2. The number of para-hydroxylation sites is 1. The van der Waals surface area contributed by atoms with E-state index in [1.54, 1.807) is 6.92 Å². The number of fused-ring (bicyclic) bond motifs is 1. The van der Waals surface area contributed by atoms with Crippen molar-refractivity contribution in [1.29, 1.82) is 0 Å². The molecule has 0 aliphatic carbocycles. The molecule has 0 aliphatic heterocycles. The molecule has 0 saturated heterocycles. The number of phenolic OH excluding ortho intramolecular Hbond substituents is 1. The van der Waals surface area contributed by atoms with E-state index in [2.05, 4.69) is 15.5 Å². The van der Waals surface area contributed by atoms with Crippen molar-refractivity contribution in [3.8, 4) is 11.5 Å². The van der Waals surface area contributed by atoms with Crippen molar-refractivity contribution < 1.29 is 14.6 Å². The van der Waals surface area contributed by atoms with Crippen LogP contribution in [0.5, 0.6) is 11.5 Å². The number of hydrogen-bond donors (Lipinski definition) is 2. The van der Waals surface area contributed by atoms with Crippen LogP contribution in [0.25, 0.3) is 10.9 Å². The molecule has 2 aromatic carbocycles. The first-order chi connectivity index (χ1) is 12.1. The zero-order valence-corrected chi connectivity index (χ0v) is 13.9. The van der Waals surface area contributed by atoms with Crippen molar-refractivity contribution in [1.82, 2.24) is 10.4 Å². The van der Waals surface area contributed by atoms with Gasteiger partial charge in [0, 0.05) is 10.9 Å².